The van der Waals surface area contributed by atoms with Crippen molar-refractivity contribution in [3.05, 3.63) is 63.4 Å². The number of nitrogens with zero attached hydrogens (tertiary/aromatic N) is 1. The standard InChI is InChI=1S/C22H25BrFNO5S/c1-4-25(5-2)12-6-7-15-13-17(24)9-11-19(15)31(28,29)14-16-8-10-18(23)21(26)20(16)22(27)30-3/h6-11,13,26H,4-5,12,14H2,1-3H3. The van der Waals surface area contributed by atoms with Crippen molar-refractivity contribution in [2.24, 2.45) is 0 Å². The zero-order valence-corrected chi connectivity index (χ0v) is 20.0. The lowest BCUT2D eigenvalue weighted by molar-refractivity contribution is 0.0596. The zero-order chi connectivity index (χ0) is 23.2. The molecule has 0 radical (unpaired) electrons. The third-order valence-corrected chi connectivity index (χ3v) is 7.19. The fraction of sp³-hybridized carbons (Fsp3) is 0.318. The van der Waals surface area contributed by atoms with Crippen LogP contribution >= 0.6 is 15.9 Å². The van der Waals surface area contributed by atoms with Crippen LogP contribution in [0.5, 0.6) is 5.75 Å². The molecule has 0 atom stereocenters. The maximum absolute atomic E-state index is 13.9. The highest BCUT2D eigenvalue weighted by Gasteiger charge is 2.26. The normalized spacial score (nSPS) is 11.9. The summed E-state index contributed by atoms with van der Waals surface area (Å²) in [5, 5.41) is 10.2. The number of phenolic OH excluding ortho intramolecular Hbond substituents is 1. The topological polar surface area (TPSA) is 83.9 Å². The molecule has 0 saturated carbocycles. The van der Waals surface area contributed by atoms with Crippen LogP contribution in [-0.2, 0) is 20.3 Å². The third-order valence-electron chi connectivity index (χ3n) is 4.81. The average Bonchev–Trinajstić information content (AvgIpc) is 2.73. The van der Waals surface area contributed by atoms with Gasteiger partial charge in [-0.25, -0.2) is 17.6 Å². The van der Waals surface area contributed by atoms with Crippen molar-refractivity contribution >= 4 is 37.8 Å². The molecule has 0 spiro atoms. The largest absolute Gasteiger partial charge is 0.506 e. The lowest BCUT2D eigenvalue weighted by Gasteiger charge is -2.15. The molecule has 0 aliphatic rings. The maximum atomic E-state index is 13.9. The highest BCUT2D eigenvalue weighted by Crippen LogP contribution is 2.33. The molecule has 2 rings (SSSR count). The number of rotatable bonds is 9. The summed E-state index contributed by atoms with van der Waals surface area (Å²) < 4.78 is 45.2. The molecule has 0 amide bonds. The summed E-state index contributed by atoms with van der Waals surface area (Å²) in [5.41, 5.74) is 0.0595. The van der Waals surface area contributed by atoms with Gasteiger partial charge < -0.3 is 14.7 Å². The first-order valence-corrected chi connectivity index (χ1v) is 12.1. The molecule has 0 heterocycles. The second-order valence-electron chi connectivity index (χ2n) is 6.75. The van der Waals surface area contributed by atoms with Gasteiger partial charge in [0.2, 0.25) is 0 Å². The van der Waals surface area contributed by atoms with Crippen LogP contribution in [0.3, 0.4) is 0 Å². The highest BCUT2D eigenvalue weighted by atomic mass is 79.9. The maximum Gasteiger partial charge on any atom is 0.341 e. The number of ether oxygens (including phenoxy) is 1. The number of halogens is 2. The van der Waals surface area contributed by atoms with Crippen molar-refractivity contribution in [3.8, 4) is 5.75 Å². The Morgan fingerprint density at radius 3 is 2.52 bits per heavy atom. The lowest BCUT2D eigenvalue weighted by atomic mass is 10.1. The molecule has 0 saturated heterocycles. The minimum atomic E-state index is -3.98. The van der Waals surface area contributed by atoms with E-state index in [1.54, 1.807) is 12.2 Å². The van der Waals surface area contributed by atoms with Gasteiger partial charge >= 0.3 is 5.97 Å². The van der Waals surface area contributed by atoms with Crippen LogP contribution < -0.4 is 0 Å². The Balaban J connectivity index is 2.47. The van der Waals surface area contributed by atoms with E-state index in [-0.39, 0.29) is 26.1 Å². The van der Waals surface area contributed by atoms with E-state index in [2.05, 4.69) is 25.6 Å². The molecule has 0 bridgehead atoms. The van der Waals surface area contributed by atoms with Gasteiger partial charge in [-0.1, -0.05) is 32.1 Å². The minimum Gasteiger partial charge on any atom is -0.506 e. The van der Waals surface area contributed by atoms with E-state index in [4.69, 9.17) is 0 Å². The quantitative estimate of drug-likeness (QED) is 0.395. The summed E-state index contributed by atoms with van der Waals surface area (Å²) in [4.78, 5) is 14.2. The van der Waals surface area contributed by atoms with E-state index in [0.29, 0.717) is 6.54 Å². The molecular formula is C22H25BrFNO5S. The number of aromatic hydroxyl groups is 1. The van der Waals surface area contributed by atoms with Crippen molar-refractivity contribution in [2.75, 3.05) is 26.7 Å². The predicted octanol–water partition coefficient (Wildman–Crippen LogP) is 4.41. The number of hydrogen-bond acceptors (Lipinski definition) is 6. The zero-order valence-electron chi connectivity index (χ0n) is 17.6. The first-order valence-electron chi connectivity index (χ1n) is 9.64. The number of carbonyl (C=O) groups excluding carboxylic acids is 1. The van der Waals surface area contributed by atoms with Gasteiger partial charge in [0.1, 0.15) is 17.1 Å². The van der Waals surface area contributed by atoms with Crippen molar-refractivity contribution in [1.29, 1.82) is 0 Å². The van der Waals surface area contributed by atoms with Crippen LogP contribution in [-0.4, -0.2) is 51.1 Å². The van der Waals surface area contributed by atoms with Gasteiger partial charge in [-0.3, -0.25) is 0 Å². The molecule has 0 fully saturated rings. The molecule has 1 N–H and O–H groups in total. The molecule has 6 nitrogen and oxygen atoms in total. The van der Waals surface area contributed by atoms with Crippen LogP contribution in [0.1, 0.15) is 35.3 Å². The summed E-state index contributed by atoms with van der Waals surface area (Å²) in [6.07, 6.45) is 3.36. The van der Waals surface area contributed by atoms with E-state index in [9.17, 15) is 22.7 Å². The molecule has 0 aliphatic heterocycles. The van der Waals surface area contributed by atoms with Crippen LogP contribution in [0.25, 0.3) is 6.08 Å². The molecule has 0 unspecified atom stereocenters. The van der Waals surface area contributed by atoms with Gasteiger partial charge in [0.15, 0.2) is 9.84 Å². The van der Waals surface area contributed by atoms with E-state index >= 15 is 0 Å². The highest BCUT2D eigenvalue weighted by molar-refractivity contribution is 9.10. The van der Waals surface area contributed by atoms with Crippen molar-refractivity contribution in [3.63, 3.8) is 0 Å². The fourth-order valence-electron chi connectivity index (χ4n) is 3.08. The summed E-state index contributed by atoms with van der Waals surface area (Å²) in [6, 6.07) is 6.31. The van der Waals surface area contributed by atoms with Gasteiger partial charge in [-0.2, -0.15) is 0 Å². The van der Waals surface area contributed by atoms with Gasteiger partial charge in [0.25, 0.3) is 0 Å². The van der Waals surface area contributed by atoms with E-state index < -0.39 is 33.1 Å². The monoisotopic (exact) mass is 513 g/mol. The molecule has 168 valence electrons. The van der Waals surface area contributed by atoms with E-state index in [1.807, 2.05) is 13.8 Å². The van der Waals surface area contributed by atoms with Crippen molar-refractivity contribution in [1.82, 2.24) is 4.90 Å². The van der Waals surface area contributed by atoms with Crippen molar-refractivity contribution in [2.45, 2.75) is 24.5 Å². The van der Waals surface area contributed by atoms with Gasteiger partial charge in [-0.15, -0.1) is 0 Å². The smallest absolute Gasteiger partial charge is 0.341 e. The van der Waals surface area contributed by atoms with Gasteiger partial charge in [0, 0.05) is 6.54 Å². The van der Waals surface area contributed by atoms with Crippen molar-refractivity contribution < 1.29 is 27.4 Å². The van der Waals surface area contributed by atoms with Gasteiger partial charge in [-0.05, 0) is 64.4 Å². The van der Waals surface area contributed by atoms with Gasteiger partial charge in [0.05, 0.1) is 22.2 Å². The number of hydrogen-bond donors (Lipinski definition) is 1. The Morgan fingerprint density at radius 1 is 1.23 bits per heavy atom. The number of benzene rings is 2. The first kappa shape index (κ1) is 25.0. The predicted molar refractivity (Wildman–Crippen MR) is 121 cm³/mol. The Morgan fingerprint density at radius 2 is 1.90 bits per heavy atom. The molecule has 2 aromatic carbocycles. The second kappa shape index (κ2) is 10.9. The molecule has 31 heavy (non-hydrogen) atoms. The molecule has 9 heteroatoms. The SMILES string of the molecule is CCN(CC)CC=Cc1cc(F)ccc1S(=O)(=O)Cc1ccc(Br)c(O)c1C(=O)OC. The summed E-state index contributed by atoms with van der Waals surface area (Å²) in [6.45, 7) is 6.29. The number of phenols is 1. The summed E-state index contributed by atoms with van der Waals surface area (Å²) in [5.74, 6) is -2.39. The summed E-state index contributed by atoms with van der Waals surface area (Å²) >= 11 is 3.11. The minimum absolute atomic E-state index is 0.0667. The van der Waals surface area contributed by atoms with E-state index in [0.717, 1.165) is 32.3 Å². The molecule has 0 aromatic heterocycles. The Hall–Kier alpha value is -2.23. The fourth-order valence-corrected chi connectivity index (χ4v) is 4.98. The number of likely N-dealkylation sites (N-methyl/N-ethyl adjacent to an activating group) is 1. The first-order chi connectivity index (χ1) is 14.6. The van der Waals surface area contributed by atoms with Crippen LogP contribution in [0.15, 0.2) is 45.8 Å². The number of sulfone groups is 1. The van der Waals surface area contributed by atoms with Crippen LogP contribution in [0.4, 0.5) is 4.39 Å². The molecule has 2 aromatic rings. The number of carbonyl (C=O) groups is 1. The number of methoxy groups -OCH3 is 1. The second-order valence-corrected chi connectivity index (χ2v) is 9.56. The number of esters is 1. The van der Waals surface area contributed by atoms with E-state index in [1.165, 1.54) is 18.2 Å². The lowest BCUT2D eigenvalue weighted by Crippen LogP contribution is -2.22. The van der Waals surface area contributed by atoms with Crippen LogP contribution in [0, 0.1) is 5.82 Å². The van der Waals surface area contributed by atoms with Crippen LogP contribution in [0.2, 0.25) is 0 Å². The average molecular weight is 514 g/mol. The molecule has 0 aliphatic carbocycles. The Labute approximate surface area is 190 Å². The Kier molecular flexibility index (Phi) is 8.79. The Bertz CT molecular complexity index is 1080. The molecular weight excluding hydrogens is 489 g/mol. The summed E-state index contributed by atoms with van der Waals surface area (Å²) in [7, 11) is -2.84. The third kappa shape index (κ3) is 6.15.